The first-order chi connectivity index (χ1) is 11.4. The van der Waals surface area contributed by atoms with E-state index in [2.05, 4.69) is 5.32 Å². The molecule has 25 heavy (non-hydrogen) atoms. The molecule has 0 aliphatic carbocycles. The van der Waals surface area contributed by atoms with E-state index in [0.717, 1.165) is 5.56 Å². The van der Waals surface area contributed by atoms with E-state index in [9.17, 15) is 18.0 Å². The van der Waals surface area contributed by atoms with Crippen LogP contribution in [-0.4, -0.2) is 18.6 Å². The summed E-state index contributed by atoms with van der Waals surface area (Å²) in [6, 6.07) is 14.6. The number of carbonyl (C=O) groups is 1. The van der Waals surface area contributed by atoms with Gasteiger partial charge in [0.05, 0.1) is 5.92 Å². The van der Waals surface area contributed by atoms with Crippen molar-refractivity contribution in [1.29, 1.82) is 0 Å². The number of hydrogen-bond donors (Lipinski definition) is 2. The molecule has 0 aliphatic heterocycles. The van der Waals surface area contributed by atoms with E-state index in [1.807, 2.05) is 12.1 Å². The van der Waals surface area contributed by atoms with E-state index >= 15 is 0 Å². The molecule has 0 aliphatic rings. The minimum absolute atomic E-state index is 0. The van der Waals surface area contributed by atoms with E-state index in [1.165, 1.54) is 24.3 Å². The number of rotatable bonds is 6. The van der Waals surface area contributed by atoms with Gasteiger partial charge in [-0.2, -0.15) is 13.2 Å². The number of amides is 1. The minimum Gasteiger partial charge on any atom is -0.399 e. The topological polar surface area (TPSA) is 55.1 Å². The van der Waals surface area contributed by atoms with Gasteiger partial charge in [0.15, 0.2) is 0 Å². The Morgan fingerprint density at radius 1 is 1.04 bits per heavy atom. The van der Waals surface area contributed by atoms with Crippen molar-refractivity contribution in [2.45, 2.75) is 24.9 Å². The highest BCUT2D eigenvalue weighted by Crippen LogP contribution is 2.37. The summed E-state index contributed by atoms with van der Waals surface area (Å²) in [6.07, 6.45) is -4.54. The van der Waals surface area contributed by atoms with Crippen molar-refractivity contribution in [2.75, 3.05) is 12.3 Å². The van der Waals surface area contributed by atoms with Crippen LogP contribution in [0.5, 0.6) is 0 Å². The number of carbonyl (C=O) groups excluding carboxylic acids is 1. The summed E-state index contributed by atoms with van der Waals surface area (Å²) < 4.78 is 39.6. The molecule has 1 amide bonds. The van der Waals surface area contributed by atoms with Crippen molar-refractivity contribution in [3.8, 4) is 0 Å². The maximum atomic E-state index is 13.2. The molecule has 136 valence electrons. The Morgan fingerprint density at radius 3 is 2.20 bits per heavy atom. The Morgan fingerprint density at radius 2 is 1.64 bits per heavy atom. The van der Waals surface area contributed by atoms with Gasteiger partial charge >= 0.3 is 6.18 Å². The fourth-order valence-corrected chi connectivity index (χ4v) is 2.40. The van der Waals surface area contributed by atoms with E-state index < -0.39 is 24.4 Å². The molecule has 3 nitrogen and oxygen atoms in total. The third kappa shape index (κ3) is 6.66. The van der Waals surface area contributed by atoms with Crippen LogP contribution in [0, 0.1) is 0 Å². The van der Waals surface area contributed by atoms with Crippen LogP contribution < -0.4 is 11.1 Å². The van der Waals surface area contributed by atoms with Crippen LogP contribution in [0.2, 0.25) is 0 Å². The highest BCUT2D eigenvalue weighted by Gasteiger charge is 2.41. The van der Waals surface area contributed by atoms with Crippen LogP contribution >= 0.6 is 12.4 Å². The summed E-state index contributed by atoms with van der Waals surface area (Å²) >= 11 is 0. The molecule has 7 heteroatoms. The molecule has 0 saturated carbocycles. The first kappa shape index (κ1) is 20.8. The quantitative estimate of drug-likeness (QED) is 0.750. The molecule has 0 bridgehead atoms. The van der Waals surface area contributed by atoms with Gasteiger partial charge in [-0.3, -0.25) is 4.79 Å². The lowest BCUT2D eigenvalue weighted by Crippen LogP contribution is -2.31. The monoisotopic (exact) mass is 372 g/mol. The zero-order valence-corrected chi connectivity index (χ0v) is 14.2. The molecular weight excluding hydrogens is 353 g/mol. The zero-order valence-electron chi connectivity index (χ0n) is 13.4. The maximum Gasteiger partial charge on any atom is 0.396 e. The van der Waals surface area contributed by atoms with E-state index in [0.29, 0.717) is 12.1 Å². The van der Waals surface area contributed by atoms with Crippen molar-refractivity contribution in [1.82, 2.24) is 5.32 Å². The molecule has 0 aromatic heterocycles. The fourth-order valence-electron chi connectivity index (χ4n) is 2.40. The first-order valence-corrected chi connectivity index (χ1v) is 7.59. The van der Waals surface area contributed by atoms with Crippen molar-refractivity contribution in [2.24, 2.45) is 0 Å². The van der Waals surface area contributed by atoms with Crippen molar-refractivity contribution in [3.63, 3.8) is 0 Å². The molecule has 0 fully saturated rings. The summed E-state index contributed by atoms with van der Waals surface area (Å²) in [4.78, 5) is 11.9. The first-order valence-electron chi connectivity index (χ1n) is 7.59. The van der Waals surface area contributed by atoms with Gasteiger partial charge in [-0.15, -0.1) is 12.4 Å². The Balaban J connectivity index is 0.00000312. The predicted octanol–water partition coefficient (Wildman–Crippen LogP) is 4.09. The average Bonchev–Trinajstić information content (AvgIpc) is 2.54. The van der Waals surface area contributed by atoms with Gasteiger partial charge in [-0.1, -0.05) is 42.5 Å². The Labute approximate surface area is 150 Å². The number of halogens is 4. The fraction of sp³-hybridized carbons (Fsp3) is 0.278. The molecule has 0 spiro atoms. The van der Waals surface area contributed by atoms with Gasteiger partial charge in [-0.25, -0.2) is 0 Å². The second-order valence-corrected chi connectivity index (χ2v) is 5.55. The lowest BCUT2D eigenvalue weighted by Gasteiger charge is -2.20. The Bertz CT molecular complexity index is 660. The van der Waals surface area contributed by atoms with Crippen molar-refractivity contribution < 1.29 is 18.0 Å². The Kier molecular flexibility index (Phi) is 7.77. The molecular formula is C18H20ClF3N2O. The zero-order chi connectivity index (χ0) is 17.6. The molecule has 1 unspecified atom stereocenters. The van der Waals surface area contributed by atoms with E-state index in [-0.39, 0.29) is 24.5 Å². The summed E-state index contributed by atoms with van der Waals surface area (Å²) in [5.41, 5.74) is 7.27. The number of alkyl halides is 3. The van der Waals surface area contributed by atoms with Crippen LogP contribution in [0.1, 0.15) is 23.5 Å². The van der Waals surface area contributed by atoms with Gasteiger partial charge in [0.1, 0.15) is 0 Å². The maximum absolute atomic E-state index is 13.2. The summed E-state index contributed by atoms with van der Waals surface area (Å²) in [6.45, 7) is 0.280. The smallest absolute Gasteiger partial charge is 0.396 e. The SMILES string of the molecule is Cl.Nc1ccc(CCNC(=O)CC(c2ccccc2)C(F)(F)F)cc1. The van der Waals surface area contributed by atoms with E-state index in [4.69, 9.17) is 5.73 Å². The van der Waals surface area contributed by atoms with Gasteiger partial charge in [0, 0.05) is 18.7 Å². The third-order valence-electron chi connectivity index (χ3n) is 3.70. The van der Waals surface area contributed by atoms with Crippen LogP contribution in [0.25, 0.3) is 0 Å². The number of nitrogens with one attached hydrogen (secondary N) is 1. The largest absolute Gasteiger partial charge is 0.399 e. The lowest BCUT2D eigenvalue weighted by atomic mass is 9.95. The molecule has 2 aromatic rings. The summed E-state index contributed by atoms with van der Waals surface area (Å²) in [5.74, 6) is -2.41. The van der Waals surface area contributed by atoms with Crippen LogP contribution in [0.3, 0.4) is 0 Å². The minimum atomic E-state index is -4.46. The van der Waals surface area contributed by atoms with Gasteiger partial charge in [0.25, 0.3) is 0 Å². The number of hydrogen-bond acceptors (Lipinski definition) is 2. The molecule has 2 aromatic carbocycles. The molecule has 2 rings (SSSR count). The normalized spacial score (nSPS) is 12.1. The lowest BCUT2D eigenvalue weighted by molar-refractivity contribution is -0.157. The van der Waals surface area contributed by atoms with E-state index in [1.54, 1.807) is 18.2 Å². The van der Waals surface area contributed by atoms with Crippen LogP contribution in [0.4, 0.5) is 18.9 Å². The number of nitrogen functional groups attached to an aromatic ring is 1. The second-order valence-electron chi connectivity index (χ2n) is 5.55. The van der Waals surface area contributed by atoms with Gasteiger partial charge in [0.2, 0.25) is 5.91 Å². The molecule has 1 atom stereocenters. The second kappa shape index (κ2) is 9.32. The molecule has 0 saturated heterocycles. The van der Waals surface area contributed by atoms with Crippen LogP contribution in [-0.2, 0) is 11.2 Å². The standard InChI is InChI=1S/C18H19F3N2O.ClH/c19-18(20,21)16(14-4-2-1-3-5-14)12-17(24)23-11-10-13-6-8-15(22)9-7-13;/h1-9,16H,10-12,22H2,(H,23,24);1H. The molecule has 0 radical (unpaired) electrons. The number of anilines is 1. The number of nitrogens with two attached hydrogens (primary N) is 1. The van der Waals surface area contributed by atoms with Gasteiger partial charge < -0.3 is 11.1 Å². The average molecular weight is 373 g/mol. The number of benzene rings is 2. The molecule has 0 heterocycles. The van der Waals surface area contributed by atoms with Crippen LogP contribution in [0.15, 0.2) is 54.6 Å². The van der Waals surface area contributed by atoms with Crippen molar-refractivity contribution in [3.05, 3.63) is 65.7 Å². The van der Waals surface area contributed by atoms with Crippen molar-refractivity contribution >= 4 is 24.0 Å². The summed E-state index contributed by atoms with van der Waals surface area (Å²) in [5, 5.41) is 2.55. The van der Waals surface area contributed by atoms with Gasteiger partial charge in [-0.05, 0) is 29.7 Å². The summed E-state index contributed by atoms with van der Waals surface area (Å²) in [7, 11) is 0. The Hall–Kier alpha value is -2.21. The highest BCUT2D eigenvalue weighted by atomic mass is 35.5. The molecule has 3 N–H and O–H groups in total. The predicted molar refractivity (Wildman–Crippen MR) is 94.7 cm³/mol. The third-order valence-corrected chi connectivity index (χ3v) is 3.70. The highest BCUT2D eigenvalue weighted by molar-refractivity contribution is 5.85.